The molecule has 2 fully saturated rings. The van der Waals surface area contributed by atoms with Crippen LogP contribution in [-0.4, -0.2) is 28.3 Å². The van der Waals surface area contributed by atoms with Gasteiger partial charge >= 0.3 is 5.97 Å². The Labute approximate surface area is 180 Å². The molecular formula is C25H25NO3S. The predicted molar refractivity (Wildman–Crippen MR) is 118 cm³/mol. The Morgan fingerprint density at radius 3 is 2.43 bits per heavy atom. The lowest BCUT2D eigenvalue weighted by Gasteiger charge is -2.40. The lowest BCUT2D eigenvalue weighted by atomic mass is 9.70. The Kier molecular flexibility index (Phi) is 4.77. The number of benzene rings is 2. The van der Waals surface area contributed by atoms with Crippen LogP contribution in [0, 0.1) is 11.8 Å². The predicted octanol–water partition coefficient (Wildman–Crippen LogP) is 4.30. The number of piperidine rings is 1. The van der Waals surface area contributed by atoms with Gasteiger partial charge in [0.15, 0.2) is 0 Å². The van der Waals surface area contributed by atoms with Crippen LogP contribution in [-0.2, 0) is 16.8 Å². The standard InChI is InChI=1S/C25H25NO3S/c27-23(28)25(29,22-20(12-14-30-22)18-9-5-2-6-10-18)21-19-11-13-24(21,26-16-19)15-17-7-3-1-4-8-17/h1-10,12,14,19,21,26,29H,11,13,15-16H2,(H,27,28). The molecule has 0 radical (unpaired) electrons. The number of aliphatic carboxylic acids is 1. The van der Waals surface area contributed by atoms with Crippen molar-refractivity contribution < 1.29 is 15.0 Å². The molecule has 4 unspecified atom stereocenters. The summed E-state index contributed by atoms with van der Waals surface area (Å²) in [6, 6.07) is 21.9. The van der Waals surface area contributed by atoms with Gasteiger partial charge in [-0.1, -0.05) is 60.7 Å². The second-order valence-electron chi connectivity index (χ2n) is 8.58. The van der Waals surface area contributed by atoms with Crippen molar-refractivity contribution in [3.63, 3.8) is 0 Å². The molecule has 1 aromatic heterocycles. The molecule has 0 amide bonds. The van der Waals surface area contributed by atoms with Crippen molar-refractivity contribution in [3.8, 4) is 11.1 Å². The van der Waals surface area contributed by atoms with E-state index in [9.17, 15) is 15.0 Å². The summed E-state index contributed by atoms with van der Waals surface area (Å²) < 4.78 is 0. The molecule has 3 aromatic rings. The van der Waals surface area contributed by atoms with Crippen molar-refractivity contribution in [2.45, 2.75) is 30.4 Å². The average Bonchev–Trinajstić information content (AvgIpc) is 3.48. The van der Waals surface area contributed by atoms with E-state index in [4.69, 9.17) is 0 Å². The van der Waals surface area contributed by atoms with Gasteiger partial charge in [-0.3, -0.25) is 0 Å². The quantitative estimate of drug-likeness (QED) is 0.557. The van der Waals surface area contributed by atoms with Crippen molar-refractivity contribution in [2.75, 3.05) is 6.54 Å². The summed E-state index contributed by atoms with van der Waals surface area (Å²) in [4.78, 5) is 13.3. The highest BCUT2D eigenvalue weighted by molar-refractivity contribution is 7.10. The van der Waals surface area contributed by atoms with Crippen LogP contribution < -0.4 is 5.32 Å². The van der Waals surface area contributed by atoms with Crippen molar-refractivity contribution in [1.29, 1.82) is 0 Å². The molecule has 0 spiro atoms. The highest BCUT2D eigenvalue weighted by Gasteiger charge is 2.65. The molecule has 4 atom stereocenters. The van der Waals surface area contributed by atoms with Gasteiger partial charge in [0.05, 0.1) is 4.88 Å². The third kappa shape index (κ3) is 2.92. The monoisotopic (exact) mass is 419 g/mol. The molecule has 2 aliphatic rings. The zero-order chi connectivity index (χ0) is 20.8. The summed E-state index contributed by atoms with van der Waals surface area (Å²) in [7, 11) is 0. The maximum atomic E-state index is 12.7. The van der Waals surface area contributed by atoms with Crippen LogP contribution in [0.15, 0.2) is 72.1 Å². The van der Waals surface area contributed by atoms with E-state index < -0.39 is 17.1 Å². The number of nitrogens with one attached hydrogen (secondary N) is 1. The molecule has 30 heavy (non-hydrogen) atoms. The zero-order valence-corrected chi connectivity index (χ0v) is 17.4. The van der Waals surface area contributed by atoms with E-state index in [0.717, 1.165) is 36.9 Å². The highest BCUT2D eigenvalue weighted by atomic mass is 32.1. The van der Waals surface area contributed by atoms with Crippen LogP contribution in [0.4, 0.5) is 0 Å². The number of hydrogen-bond acceptors (Lipinski definition) is 4. The lowest BCUT2D eigenvalue weighted by molar-refractivity contribution is -0.169. The van der Waals surface area contributed by atoms with Gasteiger partial charge in [-0.2, -0.15) is 0 Å². The van der Waals surface area contributed by atoms with Gasteiger partial charge in [0.2, 0.25) is 5.60 Å². The van der Waals surface area contributed by atoms with Crippen molar-refractivity contribution in [3.05, 3.63) is 82.6 Å². The van der Waals surface area contributed by atoms with Gasteiger partial charge < -0.3 is 15.5 Å². The van der Waals surface area contributed by atoms with Crippen LogP contribution in [0.1, 0.15) is 23.3 Å². The normalized spacial score (nSPS) is 27.1. The largest absolute Gasteiger partial charge is 0.479 e. The Morgan fingerprint density at radius 2 is 1.80 bits per heavy atom. The average molecular weight is 420 g/mol. The van der Waals surface area contributed by atoms with Crippen molar-refractivity contribution >= 4 is 17.3 Å². The number of thiophene rings is 1. The van der Waals surface area contributed by atoms with Crippen LogP contribution in [0.2, 0.25) is 0 Å². The number of carboxylic acid groups (broad SMARTS) is 1. The molecule has 5 heteroatoms. The second kappa shape index (κ2) is 7.34. The number of aliphatic hydroxyl groups is 1. The van der Waals surface area contributed by atoms with E-state index in [2.05, 4.69) is 17.4 Å². The Hall–Kier alpha value is -2.47. The minimum Gasteiger partial charge on any atom is -0.479 e. The van der Waals surface area contributed by atoms with E-state index in [0.29, 0.717) is 4.88 Å². The zero-order valence-electron chi connectivity index (χ0n) is 16.6. The third-order valence-electron chi connectivity index (χ3n) is 6.98. The summed E-state index contributed by atoms with van der Waals surface area (Å²) in [6.45, 7) is 0.749. The molecule has 3 N–H and O–H groups in total. The third-order valence-corrected chi connectivity index (χ3v) is 8.02. The fourth-order valence-corrected chi connectivity index (χ4v) is 6.80. The number of rotatable bonds is 6. The fourth-order valence-electron chi connectivity index (χ4n) is 5.75. The topological polar surface area (TPSA) is 69.6 Å². The smallest absolute Gasteiger partial charge is 0.341 e. The summed E-state index contributed by atoms with van der Waals surface area (Å²) >= 11 is 1.34. The first-order chi connectivity index (χ1) is 14.5. The van der Waals surface area contributed by atoms with E-state index in [1.807, 2.05) is 60.0 Å². The number of hydrogen-bond donors (Lipinski definition) is 3. The Bertz CT molecular complexity index is 1040. The van der Waals surface area contributed by atoms with E-state index in [1.165, 1.54) is 16.9 Å². The van der Waals surface area contributed by atoms with Gasteiger partial charge in [-0.15, -0.1) is 11.3 Å². The van der Waals surface area contributed by atoms with Gasteiger partial charge in [0, 0.05) is 11.5 Å². The molecule has 2 bridgehead atoms. The minimum atomic E-state index is -1.93. The van der Waals surface area contributed by atoms with E-state index in [-0.39, 0.29) is 11.8 Å². The first-order valence-corrected chi connectivity index (χ1v) is 11.3. The molecule has 1 aliphatic carbocycles. The molecule has 1 saturated carbocycles. The molecular weight excluding hydrogens is 394 g/mol. The van der Waals surface area contributed by atoms with Gasteiger partial charge in [0.25, 0.3) is 0 Å². The molecule has 1 saturated heterocycles. The first-order valence-electron chi connectivity index (χ1n) is 10.4. The molecule has 4 nitrogen and oxygen atoms in total. The van der Waals surface area contributed by atoms with Crippen LogP contribution >= 0.6 is 11.3 Å². The number of carbonyl (C=O) groups is 1. The van der Waals surface area contributed by atoms with Gasteiger partial charge in [0.1, 0.15) is 0 Å². The Balaban J connectivity index is 1.61. The number of carboxylic acids is 1. The van der Waals surface area contributed by atoms with Crippen LogP contribution in [0.5, 0.6) is 0 Å². The first kappa shape index (κ1) is 19.5. The summed E-state index contributed by atoms with van der Waals surface area (Å²) in [5, 5.41) is 27.9. The minimum absolute atomic E-state index is 0.139. The lowest BCUT2D eigenvalue weighted by Crippen LogP contribution is -2.55. The molecule has 5 rings (SSSR count). The summed E-state index contributed by atoms with van der Waals surface area (Å²) in [6.07, 6.45) is 2.53. The van der Waals surface area contributed by atoms with Crippen molar-refractivity contribution in [2.24, 2.45) is 11.8 Å². The fraction of sp³-hybridized carbons (Fsp3) is 0.320. The van der Waals surface area contributed by atoms with E-state index >= 15 is 0 Å². The van der Waals surface area contributed by atoms with Gasteiger partial charge in [-0.05, 0) is 59.9 Å². The summed E-state index contributed by atoms with van der Waals surface area (Å²) in [5.41, 5.74) is 0.561. The maximum absolute atomic E-state index is 12.7. The second-order valence-corrected chi connectivity index (χ2v) is 9.49. The molecule has 2 aromatic carbocycles. The maximum Gasteiger partial charge on any atom is 0.341 e. The highest BCUT2D eigenvalue weighted by Crippen LogP contribution is 2.56. The SMILES string of the molecule is O=C(O)C(O)(c1sccc1-c1ccccc1)C1C2CCC1(Cc1ccccc1)NC2. The van der Waals surface area contributed by atoms with Gasteiger partial charge in [-0.25, -0.2) is 4.79 Å². The van der Waals surface area contributed by atoms with Crippen LogP contribution in [0.25, 0.3) is 11.1 Å². The Morgan fingerprint density at radius 1 is 1.10 bits per heavy atom. The summed E-state index contributed by atoms with van der Waals surface area (Å²) in [5.74, 6) is -1.40. The van der Waals surface area contributed by atoms with Crippen molar-refractivity contribution in [1.82, 2.24) is 5.32 Å². The van der Waals surface area contributed by atoms with E-state index in [1.54, 1.807) is 0 Å². The molecule has 154 valence electrons. The molecule has 2 heterocycles. The molecule has 1 aliphatic heterocycles. The van der Waals surface area contributed by atoms with Crippen LogP contribution in [0.3, 0.4) is 0 Å². The number of fused-ring (bicyclic) bond motifs is 2.